The molecule has 0 amide bonds. The highest BCUT2D eigenvalue weighted by atomic mass is 79.9. The zero-order valence-corrected chi connectivity index (χ0v) is 13.6. The van der Waals surface area contributed by atoms with Gasteiger partial charge in [0.25, 0.3) is 0 Å². The smallest absolute Gasteiger partial charge is 0.124 e. The number of nitrogens with two attached hydrogens (primary N) is 1. The van der Waals surface area contributed by atoms with E-state index in [2.05, 4.69) is 48.8 Å². The van der Waals surface area contributed by atoms with Gasteiger partial charge in [0.15, 0.2) is 0 Å². The van der Waals surface area contributed by atoms with Gasteiger partial charge in [-0.25, -0.2) is 4.39 Å². The van der Waals surface area contributed by atoms with Crippen molar-refractivity contribution in [1.82, 2.24) is 0 Å². The molecule has 0 aliphatic heterocycles. The van der Waals surface area contributed by atoms with Crippen LogP contribution in [0, 0.1) is 26.6 Å². The summed E-state index contributed by atoms with van der Waals surface area (Å²) in [6, 6.07) is 8.95. The van der Waals surface area contributed by atoms with Gasteiger partial charge in [0.2, 0.25) is 0 Å². The fourth-order valence-electron chi connectivity index (χ4n) is 2.66. The van der Waals surface area contributed by atoms with Gasteiger partial charge in [-0.2, -0.15) is 0 Å². The summed E-state index contributed by atoms with van der Waals surface area (Å²) in [5.41, 5.74) is 12.1. The van der Waals surface area contributed by atoms with E-state index in [1.165, 1.54) is 34.4 Å². The first-order chi connectivity index (χ1) is 9.36. The van der Waals surface area contributed by atoms with Gasteiger partial charge in [-0.1, -0.05) is 33.6 Å². The molecule has 3 heteroatoms. The second kappa shape index (κ2) is 6.06. The van der Waals surface area contributed by atoms with E-state index in [-0.39, 0.29) is 11.9 Å². The Bertz CT molecular complexity index is 594. The van der Waals surface area contributed by atoms with Gasteiger partial charge in [-0.3, -0.25) is 0 Å². The number of benzene rings is 2. The Labute approximate surface area is 128 Å². The third kappa shape index (κ3) is 3.47. The maximum absolute atomic E-state index is 13.5. The fourth-order valence-corrected chi connectivity index (χ4v) is 3.14. The summed E-state index contributed by atoms with van der Waals surface area (Å²) in [5, 5.41) is 0. The lowest BCUT2D eigenvalue weighted by molar-refractivity contribution is 0.617. The van der Waals surface area contributed by atoms with Crippen LogP contribution in [0.5, 0.6) is 0 Å². The zero-order valence-electron chi connectivity index (χ0n) is 12.0. The number of halogens is 2. The van der Waals surface area contributed by atoms with Crippen molar-refractivity contribution >= 4 is 15.9 Å². The van der Waals surface area contributed by atoms with Crippen molar-refractivity contribution in [3.8, 4) is 0 Å². The monoisotopic (exact) mass is 335 g/mol. The number of aryl methyl sites for hydroxylation is 3. The molecule has 2 N–H and O–H groups in total. The first kappa shape index (κ1) is 15.2. The summed E-state index contributed by atoms with van der Waals surface area (Å²) in [4.78, 5) is 0. The first-order valence-corrected chi connectivity index (χ1v) is 7.44. The van der Waals surface area contributed by atoms with Crippen LogP contribution in [-0.4, -0.2) is 0 Å². The topological polar surface area (TPSA) is 26.0 Å². The predicted octanol–water partition coefficient (Wildman–Crippen LogP) is 4.76. The summed E-state index contributed by atoms with van der Waals surface area (Å²) in [6.07, 6.45) is 0.716. The molecule has 0 heterocycles. The Kier molecular flexibility index (Phi) is 4.61. The normalized spacial score (nSPS) is 12.5. The first-order valence-electron chi connectivity index (χ1n) is 6.65. The van der Waals surface area contributed by atoms with Crippen LogP contribution >= 0.6 is 15.9 Å². The summed E-state index contributed by atoms with van der Waals surface area (Å²) in [5.74, 6) is -0.262. The van der Waals surface area contributed by atoms with Gasteiger partial charge in [-0.15, -0.1) is 0 Å². The molecular formula is C17H19BrFN. The molecule has 2 rings (SSSR count). The third-order valence-corrected chi connectivity index (χ3v) is 4.04. The predicted molar refractivity (Wildman–Crippen MR) is 85.4 cm³/mol. The summed E-state index contributed by atoms with van der Waals surface area (Å²) in [6.45, 7) is 6.29. The Balaban J connectivity index is 2.30. The second-order valence-corrected chi connectivity index (χ2v) is 6.31. The van der Waals surface area contributed by atoms with Crippen LogP contribution < -0.4 is 5.73 Å². The molecule has 0 aliphatic carbocycles. The van der Waals surface area contributed by atoms with Gasteiger partial charge in [0.05, 0.1) is 0 Å². The number of hydrogen-bond donors (Lipinski definition) is 1. The average Bonchev–Trinajstić information content (AvgIpc) is 2.32. The van der Waals surface area contributed by atoms with Crippen LogP contribution in [0.25, 0.3) is 0 Å². The second-order valence-electron chi connectivity index (χ2n) is 5.39. The molecule has 0 saturated carbocycles. The van der Waals surface area contributed by atoms with Crippen LogP contribution in [0.2, 0.25) is 0 Å². The van der Waals surface area contributed by atoms with Crippen molar-refractivity contribution in [2.24, 2.45) is 5.73 Å². The molecule has 1 nitrogen and oxygen atoms in total. The fraction of sp³-hybridized carbons (Fsp3) is 0.294. The SMILES string of the molecule is Cc1cc(C)c(CC(N)c2cc(F)cc(Br)c2)c(C)c1. The molecule has 0 spiro atoms. The molecule has 0 aliphatic rings. The van der Waals surface area contributed by atoms with E-state index in [0.29, 0.717) is 6.42 Å². The van der Waals surface area contributed by atoms with Crippen molar-refractivity contribution in [2.45, 2.75) is 33.2 Å². The largest absolute Gasteiger partial charge is 0.324 e. The van der Waals surface area contributed by atoms with Gasteiger partial charge < -0.3 is 5.73 Å². The molecule has 1 unspecified atom stereocenters. The Hall–Kier alpha value is -1.19. The van der Waals surface area contributed by atoms with E-state index in [1.54, 1.807) is 0 Å². The van der Waals surface area contributed by atoms with Crippen LogP contribution in [0.1, 0.15) is 33.9 Å². The van der Waals surface area contributed by atoms with E-state index in [0.717, 1.165) is 10.0 Å². The summed E-state index contributed by atoms with van der Waals surface area (Å²) >= 11 is 3.31. The van der Waals surface area contributed by atoms with Crippen LogP contribution in [0.3, 0.4) is 0 Å². The van der Waals surface area contributed by atoms with Gasteiger partial charge in [0, 0.05) is 10.5 Å². The minimum atomic E-state index is -0.262. The maximum atomic E-state index is 13.5. The minimum Gasteiger partial charge on any atom is -0.324 e. The minimum absolute atomic E-state index is 0.206. The molecule has 20 heavy (non-hydrogen) atoms. The van der Waals surface area contributed by atoms with Gasteiger partial charge in [0.1, 0.15) is 5.82 Å². The van der Waals surface area contributed by atoms with E-state index >= 15 is 0 Å². The lowest BCUT2D eigenvalue weighted by Gasteiger charge is -2.17. The molecule has 1 atom stereocenters. The van der Waals surface area contributed by atoms with E-state index in [9.17, 15) is 4.39 Å². The van der Waals surface area contributed by atoms with Gasteiger partial charge >= 0.3 is 0 Å². The van der Waals surface area contributed by atoms with Crippen molar-refractivity contribution in [3.05, 3.63) is 68.4 Å². The van der Waals surface area contributed by atoms with E-state index in [4.69, 9.17) is 5.73 Å². The molecule has 106 valence electrons. The zero-order chi connectivity index (χ0) is 14.9. The molecule has 2 aromatic rings. The highest BCUT2D eigenvalue weighted by Crippen LogP contribution is 2.25. The maximum Gasteiger partial charge on any atom is 0.124 e. The molecule has 0 radical (unpaired) electrons. The molecule has 0 aromatic heterocycles. The van der Waals surface area contributed by atoms with Crippen LogP contribution in [-0.2, 0) is 6.42 Å². The van der Waals surface area contributed by atoms with E-state index in [1.807, 2.05) is 6.07 Å². The lowest BCUT2D eigenvalue weighted by atomic mass is 9.92. The Morgan fingerprint density at radius 2 is 1.65 bits per heavy atom. The highest BCUT2D eigenvalue weighted by molar-refractivity contribution is 9.10. The van der Waals surface area contributed by atoms with Crippen LogP contribution in [0.15, 0.2) is 34.8 Å². The Morgan fingerprint density at radius 1 is 1.05 bits per heavy atom. The van der Waals surface area contributed by atoms with Crippen LogP contribution in [0.4, 0.5) is 4.39 Å². The lowest BCUT2D eigenvalue weighted by Crippen LogP contribution is -2.15. The standard InChI is InChI=1S/C17H19BrFN/c1-10-4-11(2)16(12(3)5-10)9-17(20)13-6-14(18)8-15(19)7-13/h4-8,17H,9,20H2,1-3H3. The number of hydrogen-bond acceptors (Lipinski definition) is 1. The molecule has 0 fully saturated rings. The van der Waals surface area contributed by atoms with Crippen molar-refractivity contribution in [3.63, 3.8) is 0 Å². The summed E-state index contributed by atoms with van der Waals surface area (Å²) < 4.78 is 14.2. The van der Waals surface area contributed by atoms with Gasteiger partial charge in [-0.05, 0) is 67.6 Å². The molecule has 2 aromatic carbocycles. The molecule has 0 bridgehead atoms. The van der Waals surface area contributed by atoms with Crippen molar-refractivity contribution in [2.75, 3.05) is 0 Å². The quantitative estimate of drug-likeness (QED) is 0.860. The molecule has 0 saturated heterocycles. The number of rotatable bonds is 3. The van der Waals surface area contributed by atoms with E-state index < -0.39 is 0 Å². The van der Waals surface area contributed by atoms with Crippen molar-refractivity contribution < 1.29 is 4.39 Å². The summed E-state index contributed by atoms with van der Waals surface area (Å²) in [7, 11) is 0. The highest BCUT2D eigenvalue weighted by Gasteiger charge is 2.13. The Morgan fingerprint density at radius 3 is 2.20 bits per heavy atom. The average molecular weight is 336 g/mol. The van der Waals surface area contributed by atoms with Crippen molar-refractivity contribution in [1.29, 1.82) is 0 Å². The molecular weight excluding hydrogens is 317 g/mol. The third-order valence-electron chi connectivity index (χ3n) is 3.58.